The Hall–Kier alpha value is -3.48. The molecular weight excluding hydrogens is 454 g/mol. The van der Waals surface area contributed by atoms with Crippen molar-refractivity contribution < 1.29 is 18.1 Å². The lowest BCUT2D eigenvalue weighted by Crippen LogP contribution is -2.19. The van der Waals surface area contributed by atoms with Crippen LogP contribution in [-0.2, 0) is 10.0 Å². The molecule has 1 heterocycles. The van der Waals surface area contributed by atoms with Crippen molar-refractivity contribution in [3.05, 3.63) is 88.1 Å². The molecule has 3 rings (SSSR count). The number of nitrogens with zero attached hydrogens (tertiary/aromatic N) is 3. The molecule has 2 aromatic carbocycles. The SMILES string of the molecule is C=CC(c1ccc([N+](=O)[O-])cc1)S(=O)(=O)n1cc(C(=O)CCCCl)c2cc(C#N)ccc21. The van der Waals surface area contributed by atoms with Crippen molar-refractivity contribution in [2.24, 2.45) is 0 Å². The standard InChI is InChI=1S/C22H18ClN3O5S/c1-2-22(16-6-8-17(9-7-16)26(28)29)32(30,31)25-14-19(21(27)4-3-11-23)18-12-15(13-24)5-10-20(18)25/h2,5-10,12,14,22H,1,3-4,11H2. The Morgan fingerprint density at radius 3 is 2.53 bits per heavy atom. The third kappa shape index (κ3) is 4.28. The van der Waals surface area contributed by atoms with Crippen LogP contribution < -0.4 is 0 Å². The number of carbonyl (C=O) groups excluding carboxylic acids is 1. The van der Waals surface area contributed by atoms with Crippen molar-refractivity contribution >= 4 is 44.0 Å². The molecule has 164 valence electrons. The molecule has 32 heavy (non-hydrogen) atoms. The summed E-state index contributed by atoms with van der Waals surface area (Å²) in [4.78, 5) is 23.1. The highest BCUT2D eigenvalue weighted by Crippen LogP contribution is 2.32. The van der Waals surface area contributed by atoms with Crippen LogP contribution in [0.4, 0.5) is 5.69 Å². The molecule has 0 saturated carbocycles. The van der Waals surface area contributed by atoms with Gasteiger partial charge >= 0.3 is 0 Å². The number of halogens is 1. The van der Waals surface area contributed by atoms with E-state index in [-0.39, 0.29) is 46.0 Å². The van der Waals surface area contributed by atoms with Crippen molar-refractivity contribution in [3.8, 4) is 6.07 Å². The van der Waals surface area contributed by atoms with E-state index < -0.39 is 20.2 Å². The molecule has 0 aliphatic rings. The molecule has 0 N–H and O–H groups in total. The van der Waals surface area contributed by atoms with Crippen molar-refractivity contribution in [2.45, 2.75) is 18.1 Å². The Labute approximate surface area is 189 Å². The van der Waals surface area contributed by atoms with E-state index in [4.69, 9.17) is 11.6 Å². The highest BCUT2D eigenvalue weighted by atomic mass is 35.5. The zero-order valence-corrected chi connectivity index (χ0v) is 18.3. The monoisotopic (exact) mass is 471 g/mol. The molecule has 10 heteroatoms. The quantitative estimate of drug-likeness (QED) is 0.146. The first-order chi connectivity index (χ1) is 15.2. The van der Waals surface area contributed by atoms with Gasteiger partial charge < -0.3 is 0 Å². The summed E-state index contributed by atoms with van der Waals surface area (Å²) in [5, 5.41) is 19.3. The minimum absolute atomic E-state index is 0.132. The average Bonchev–Trinajstić information content (AvgIpc) is 3.17. The maximum Gasteiger partial charge on any atom is 0.269 e. The number of nitro benzene ring substituents is 1. The van der Waals surface area contributed by atoms with Gasteiger partial charge in [0.1, 0.15) is 5.25 Å². The molecular formula is C22H18ClN3O5S. The number of non-ortho nitro benzene ring substituents is 1. The number of Topliss-reactive ketones (excluding diaryl/α,β-unsaturated/α-hetero) is 1. The van der Waals surface area contributed by atoms with Crippen LogP contribution in [0.25, 0.3) is 10.9 Å². The molecule has 1 atom stereocenters. The van der Waals surface area contributed by atoms with Crippen LogP contribution in [0, 0.1) is 21.4 Å². The number of rotatable bonds is 9. The number of nitriles is 1. The summed E-state index contributed by atoms with van der Waals surface area (Å²) < 4.78 is 28.1. The number of alkyl halides is 1. The van der Waals surface area contributed by atoms with Gasteiger partial charge in [0.2, 0.25) is 10.0 Å². The molecule has 0 aliphatic heterocycles. The fraction of sp³-hybridized carbons (Fsp3) is 0.182. The number of nitro groups is 1. The molecule has 0 aliphatic carbocycles. The molecule has 0 fully saturated rings. The van der Waals surface area contributed by atoms with Crippen molar-refractivity contribution in [2.75, 3.05) is 5.88 Å². The smallest absolute Gasteiger partial charge is 0.269 e. The summed E-state index contributed by atoms with van der Waals surface area (Å²) in [5.41, 5.74) is 0.826. The van der Waals surface area contributed by atoms with Crippen molar-refractivity contribution in [3.63, 3.8) is 0 Å². The molecule has 0 bridgehead atoms. The second-order valence-electron chi connectivity index (χ2n) is 6.95. The summed E-state index contributed by atoms with van der Waals surface area (Å²) in [7, 11) is -4.15. The van der Waals surface area contributed by atoms with Crippen LogP contribution in [0.1, 0.15) is 39.6 Å². The fourth-order valence-electron chi connectivity index (χ4n) is 3.40. The fourth-order valence-corrected chi connectivity index (χ4v) is 5.21. The number of benzene rings is 2. The summed E-state index contributed by atoms with van der Waals surface area (Å²) >= 11 is 5.69. The molecule has 0 saturated heterocycles. The van der Waals surface area contributed by atoms with E-state index in [1.807, 2.05) is 6.07 Å². The molecule has 3 aromatic rings. The van der Waals surface area contributed by atoms with E-state index in [2.05, 4.69) is 6.58 Å². The third-order valence-electron chi connectivity index (χ3n) is 4.98. The van der Waals surface area contributed by atoms with Crippen LogP contribution in [0.2, 0.25) is 0 Å². The van der Waals surface area contributed by atoms with Gasteiger partial charge in [-0.25, -0.2) is 12.4 Å². The predicted octanol–water partition coefficient (Wildman–Crippen LogP) is 4.73. The second-order valence-corrected chi connectivity index (χ2v) is 9.26. The van der Waals surface area contributed by atoms with Gasteiger partial charge in [0.05, 0.1) is 22.1 Å². The summed E-state index contributed by atoms with van der Waals surface area (Å²) in [5.74, 6) is -0.00432. The number of carbonyl (C=O) groups is 1. The first-order valence-electron chi connectivity index (χ1n) is 9.50. The second kappa shape index (κ2) is 9.34. The van der Waals surface area contributed by atoms with Crippen molar-refractivity contribution in [1.29, 1.82) is 5.26 Å². The molecule has 1 unspecified atom stereocenters. The van der Waals surface area contributed by atoms with E-state index in [1.54, 1.807) is 0 Å². The number of hydrogen-bond acceptors (Lipinski definition) is 6. The Morgan fingerprint density at radius 2 is 1.97 bits per heavy atom. The van der Waals surface area contributed by atoms with Crippen LogP contribution in [0.5, 0.6) is 0 Å². The topological polar surface area (TPSA) is 123 Å². The molecule has 8 nitrogen and oxygen atoms in total. The maximum absolute atomic E-state index is 13.6. The van der Waals surface area contributed by atoms with Crippen LogP contribution >= 0.6 is 11.6 Å². The van der Waals surface area contributed by atoms with Crippen LogP contribution in [0.3, 0.4) is 0 Å². The third-order valence-corrected chi connectivity index (χ3v) is 7.20. The van der Waals surface area contributed by atoms with Gasteiger partial charge in [-0.2, -0.15) is 5.26 Å². The number of fused-ring (bicyclic) bond motifs is 1. The van der Waals surface area contributed by atoms with E-state index in [0.717, 1.165) is 3.97 Å². The number of ketones is 1. The van der Waals surface area contributed by atoms with E-state index >= 15 is 0 Å². The Balaban J connectivity index is 2.17. The molecule has 0 radical (unpaired) electrons. The number of hydrogen-bond donors (Lipinski definition) is 0. The van der Waals surface area contributed by atoms with Gasteiger partial charge in [0.15, 0.2) is 5.78 Å². The normalized spacial score (nSPS) is 12.2. The van der Waals surface area contributed by atoms with Gasteiger partial charge in [-0.05, 0) is 30.2 Å². The zero-order valence-electron chi connectivity index (χ0n) is 16.8. The van der Waals surface area contributed by atoms with Gasteiger partial charge in [0.25, 0.3) is 5.69 Å². The van der Waals surface area contributed by atoms with E-state index in [0.29, 0.717) is 11.8 Å². The van der Waals surface area contributed by atoms with Crippen molar-refractivity contribution in [1.82, 2.24) is 3.97 Å². The van der Waals surface area contributed by atoms with Gasteiger partial charge in [0, 0.05) is 41.6 Å². The lowest BCUT2D eigenvalue weighted by atomic mass is 10.0. The number of aromatic nitrogens is 1. The minimum atomic E-state index is -4.15. The van der Waals surface area contributed by atoms with E-state index in [9.17, 15) is 28.6 Å². The summed E-state index contributed by atoms with van der Waals surface area (Å²) in [6.07, 6.45) is 3.03. The Bertz CT molecular complexity index is 1350. The molecule has 0 spiro atoms. The van der Waals surface area contributed by atoms with Gasteiger partial charge in [-0.1, -0.05) is 18.2 Å². The Morgan fingerprint density at radius 1 is 1.28 bits per heavy atom. The minimum Gasteiger partial charge on any atom is -0.294 e. The largest absolute Gasteiger partial charge is 0.294 e. The lowest BCUT2D eigenvalue weighted by molar-refractivity contribution is -0.384. The highest BCUT2D eigenvalue weighted by molar-refractivity contribution is 7.90. The van der Waals surface area contributed by atoms with E-state index in [1.165, 1.54) is 54.7 Å². The molecule has 1 aromatic heterocycles. The zero-order chi connectivity index (χ0) is 23.5. The van der Waals surface area contributed by atoms with Gasteiger partial charge in [-0.3, -0.25) is 14.9 Å². The first-order valence-corrected chi connectivity index (χ1v) is 11.5. The van der Waals surface area contributed by atoms with Gasteiger partial charge in [-0.15, -0.1) is 18.2 Å². The maximum atomic E-state index is 13.6. The average molecular weight is 472 g/mol. The van der Waals surface area contributed by atoms with Crippen LogP contribution in [-0.4, -0.2) is 29.0 Å². The highest BCUT2D eigenvalue weighted by Gasteiger charge is 2.30. The summed E-state index contributed by atoms with van der Waals surface area (Å²) in [6.45, 7) is 3.63. The molecule has 0 amide bonds. The lowest BCUT2D eigenvalue weighted by Gasteiger charge is -2.16. The predicted molar refractivity (Wildman–Crippen MR) is 121 cm³/mol. The van der Waals surface area contributed by atoms with Crippen LogP contribution in [0.15, 0.2) is 61.3 Å². The first kappa shape index (κ1) is 23.2. The summed E-state index contributed by atoms with van der Waals surface area (Å²) in [6, 6.07) is 11.6. The Kier molecular flexibility index (Phi) is 6.77.